The third kappa shape index (κ3) is 2.99. The van der Waals surface area contributed by atoms with Gasteiger partial charge in [0.2, 0.25) is 0 Å². The van der Waals surface area contributed by atoms with Crippen LogP contribution in [0, 0.1) is 6.92 Å². The molecule has 0 radical (unpaired) electrons. The average molecular weight is 433 g/mol. The van der Waals surface area contributed by atoms with Gasteiger partial charge in [0, 0.05) is 46.0 Å². The van der Waals surface area contributed by atoms with Crippen molar-refractivity contribution in [2.45, 2.75) is 71.1 Å². The Balaban J connectivity index is 1.40. The molecule has 2 fully saturated rings. The maximum absolute atomic E-state index is 13.0. The Morgan fingerprint density at radius 2 is 1.94 bits per heavy atom. The van der Waals surface area contributed by atoms with Crippen LogP contribution in [0.2, 0.25) is 0 Å². The molecule has 1 N–H and O–H groups in total. The highest BCUT2D eigenvalue weighted by Crippen LogP contribution is 2.39. The zero-order valence-electron chi connectivity index (χ0n) is 18.1. The first-order valence-electron chi connectivity index (χ1n) is 11.5. The molecule has 6 rings (SSSR count). The number of nitrogens with zero attached hydrogens (tertiary/aromatic N) is 3. The number of piperidine rings is 1. The second kappa shape index (κ2) is 7.31. The van der Waals surface area contributed by atoms with Crippen LogP contribution in [0.1, 0.15) is 49.6 Å². The highest BCUT2D eigenvalue weighted by atomic mass is 32.1. The molecule has 2 aliphatic rings. The summed E-state index contributed by atoms with van der Waals surface area (Å²) in [5.41, 5.74) is 3.82. The Bertz CT molecular complexity index is 1330. The van der Waals surface area contributed by atoms with Crippen LogP contribution in [0.15, 0.2) is 35.1 Å². The van der Waals surface area contributed by atoms with E-state index in [4.69, 9.17) is 0 Å². The summed E-state index contributed by atoms with van der Waals surface area (Å²) in [6, 6.07) is 12.6. The van der Waals surface area contributed by atoms with Gasteiger partial charge in [-0.25, -0.2) is 0 Å². The van der Waals surface area contributed by atoms with Gasteiger partial charge in [0.05, 0.1) is 10.9 Å². The fourth-order valence-electron chi connectivity index (χ4n) is 5.84. The maximum atomic E-state index is 13.0. The van der Waals surface area contributed by atoms with Gasteiger partial charge in [-0.15, -0.1) is 11.3 Å². The number of thiophene rings is 1. The lowest BCUT2D eigenvalue weighted by Gasteiger charge is -2.34. The number of nitrogens with one attached hydrogen (secondary N) is 1. The van der Waals surface area contributed by atoms with Gasteiger partial charge in [-0.3, -0.25) is 14.8 Å². The highest BCUT2D eigenvalue weighted by Gasteiger charge is 2.36. The van der Waals surface area contributed by atoms with Crippen LogP contribution in [0.3, 0.4) is 0 Å². The number of fused-ring (bicyclic) bond motifs is 5. The molecule has 6 heteroatoms. The van der Waals surface area contributed by atoms with Crippen LogP contribution in [0.4, 0.5) is 0 Å². The summed E-state index contributed by atoms with van der Waals surface area (Å²) in [7, 11) is 0. The zero-order chi connectivity index (χ0) is 21.1. The molecule has 5 nitrogen and oxygen atoms in total. The average Bonchev–Trinajstić information content (AvgIpc) is 3.45. The smallest absolute Gasteiger partial charge is 0.262 e. The summed E-state index contributed by atoms with van der Waals surface area (Å²) in [6.45, 7) is 5.68. The van der Waals surface area contributed by atoms with E-state index in [1.165, 1.54) is 47.4 Å². The van der Waals surface area contributed by atoms with E-state index in [0.717, 1.165) is 40.7 Å². The van der Waals surface area contributed by atoms with Gasteiger partial charge >= 0.3 is 0 Å². The predicted molar refractivity (Wildman–Crippen MR) is 128 cm³/mol. The number of hydrogen-bond acceptors (Lipinski definition) is 4. The molecule has 2 atom stereocenters. The minimum absolute atomic E-state index is 0.0403. The second-order valence-corrected chi connectivity index (χ2v) is 10.3. The molecule has 2 unspecified atom stereocenters. The molecule has 4 aromatic rings. The van der Waals surface area contributed by atoms with Crippen molar-refractivity contribution in [1.82, 2.24) is 19.7 Å². The number of hydrogen-bond donors (Lipinski definition) is 1. The molecule has 31 heavy (non-hydrogen) atoms. The van der Waals surface area contributed by atoms with Crippen LogP contribution < -0.4 is 5.56 Å². The standard InChI is InChI=1S/C25H28N4OS/c1-3-28-21-11-7-16(13-20(21)24-23(25(28)30)15(2)26-27-24)22-12-10-19(31-22)14-29-17-5-4-6-18(29)9-8-17/h7,10-13,17-18H,3-6,8-9,14H2,1-2H3,(H,26,27). The fourth-order valence-corrected chi connectivity index (χ4v) is 6.85. The van der Waals surface area contributed by atoms with Crippen molar-refractivity contribution in [3.63, 3.8) is 0 Å². The van der Waals surface area contributed by atoms with E-state index < -0.39 is 0 Å². The normalized spacial score (nSPS) is 21.5. The van der Waals surface area contributed by atoms with E-state index >= 15 is 0 Å². The van der Waals surface area contributed by atoms with Gasteiger partial charge in [-0.05, 0) is 69.4 Å². The van der Waals surface area contributed by atoms with Crippen molar-refractivity contribution < 1.29 is 0 Å². The summed E-state index contributed by atoms with van der Waals surface area (Å²) in [6.07, 6.45) is 6.91. The molecule has 0 amide bonds. The Morgan fingerprint density at radius 3 is 2.71 bits per heavy atom. The first-order chi connectivity index (χ1) is 15.1. The van der Waals surface area contributed by atoms with Gasteiger partial charge in [-0.2, -0.15) is 5.10 Å². The lowest BCUT2D eigenvalue weighted by molar-refractivity contribution is 0.133. The van der Waals surface area contributed by atoms with E-state index in [2.05, 4.69) is 45.4 Å². The lowest BCUT2D eigenvalue weighted by atomic mass is 10.0. The number of aromatic amines is 1. The number of aromatic nitrogens is 3. The quantitative estimate of drug-likeness (QED) is 0.466. The molecule has 0 spiro atoms. The van der Waals surface area contributed by atoms with E-state index in [9.17, 15) is 4.79 Å². The minimum atomic E-state index is 0.0403. The van der Waals surface area contributed by atoms with Gasteiger partial charge in [0.25, 0.3) is 5.56 Å². The summed E-state index contributed by atoms with van der Waals surface area (Å²) in [4.78, 5) is 18.5. The minimum Gasteiger partial charge on any atom is -0.308 e. The van der Waals surface area contributed by atoms with Crippen molar-refractivity contribution in [3.05, 3.63) is 51.3 Å². The van der Waals surface area contributed by atoms with Gasteiger partial charge in [0.15, 0.2) is 0 Å². The van der Waals surface area contributed by atoms with Gasteiger partial charge in [-0.1, -0.05) is 12.5 Å². The highest BCUT2D eigenvalue weighted by molar-refractivity contribution is 7.15. The predicted octanol–water partition coefficient (Wildman–Crippen LogP) is 5.45. The third-order valence-corrected chi connectivity index (χ3v) is 8.51. The number of benzene rings is 1. The summed E-state index contributed by atoms with van der Waals surface area (Å²) in [5.74, 6) is 0. The zero-order valence-corrected chi connectivity index (χ0v) is 19.0. The number of pyridine rings is 1. The Morgan fingerprint density at radius 1 is 1.13 bits per heavy atom. The Kier molecular flexibility index (Phi) is 4.54. The molecule has 2 aliphatic heterocycles. The van der Waals surface area contributed by atoms with Gasteiger partial charge in [0.1, 0.15) is 5.52 Å². The largest absolute Gasteiger partial charge is 0.308 e. The number of aryl methyl sites for hydroxylation is 2. The van der Waals surface area contributed by atoms with Crippen LogP contribution in [0.25, 0.3) is 32.2 Å². The molecule has 1 aromatic carbocycles. The molecule has 2 saturated heterocycles. The van der Waals surface area contributed by atoms with Crippen LogP contribution in [0.5, 0.6) is 0 Å². The number of rotatable bonds is 4. The van der Waals surface area contributed by atoms with E-state index in [1.807, 2.05) is 29.8 Å². The molecular formula is C25H28N4OS. The van der Waals surface area contributed by atoms with Crippen LogP contribution >= 0.6 is 11.3 Å². The van der Waals surface area contributed by atoms with Crippen molar-refractivity contribution in [1.29, 1.82) is 0 Å². The summed E-state index contributed by atoms with van der Waals surface area (Å²) < 4.78 is 1.86. The van der Waals surface area contributed by atoms with Crippen molar-refractivity contribution in [3.8, 4) is 10.4 Å². The topological polar surface area (TPSA) is 53.9 Å². The first-order valence-corrected chi connectivity index (χ1v) is 12.3. The van der Waals surface area contributed by atoms with Crippen LogP contribution in [-0.4, -0.2) is 31.7 Å². The lowest BCUT2D eigenvalue weighted by Crippen LogP contribution is -2.38. The van der Waals surface area contributed by atoms with Crippen molar-refractivity contribution in [2.75, 3.05) is 0 Å². The summed E-state index contributed by atoms with van der Waals surface area (Å²) in [5, 5.41) is 9.25. The van der Waals surface area contributed by atoms with E-state index in [0.29, 0.717) is 11.9 Å². The van der Waals surface area contributed by atoms with Crippen LogP contribution in [-0.2, 0) is 13.1 Å². The monoisotopic (exact) mass is 432 g/mol. The van der Waals surface area contributed by atoms with Gasteiger partial charge < -0.3 is 4.57 Å². The first kappa shape index (κ1) is 19.3. The SMILES string of the molecule is CCn1c(=O)c2c(C)[nH]nc2c2cc(-c3ccc(CN4C5CCCC4CC5)s3)ccc21. The molecule has 160 valence electrons. The molecule has 0 saturated carbocycles. The molecule has 0 aliphatic carbocycles. The summed E-state index contributed by atoms with van der Waals surface area (Å²) >= 11 is 1.91. The van der Waals surface area contributed by atoms with Crippen molar-refractivity contribution >= 4 is 33.1 Å². The molecular weight excluding hydrogens is 404 g/mol. The molecule has 5 heterocycles. The fraction of sp³-hybridized carbons (Fsp3) is 0.440. The molecule has 2 bridgehead atoms. The number of H-pyrrole nitrogens is 1. The Hall–Kier alpha value is -2.44. The maximum Gasteiger partial charge on any atom is 0.262 e. The van der Waals surface area contributed by atoms with E-state index in [1.54, 1.807) is 0 Å². The Labute approximate surface area is 185 Å². The third-order valence-electron chi connectivity index (χ3n) is 7.40. The molecule has 3 aromatic heterocycles. The van der Waals surface area contributed by atoms with E-state index in [-0.39, 0.29) is 5.56 Å². The second-order valence-electron chi connectivity index (χ2n) is 9.11. The van der Waals surface area contributed by atoms with Crippen molar-refractivity contribution in [2.24, 2.45) is 0 Å².